The molecule has 0 saturated carbocycles. The molecule has 31 heavy (non-hydrogen) atoms. The van der Waals surface area contributed by atoms with E-state index in [1.54, 1.807) is 18.2 Å². The Morgan fingerprint density at radius 1 is 1.26 bits per heavy atom. The minimum Gasteiger partial charge on any atom is -0.456 e. The quantitative estimate of drug-likeness (QED) is 0.328. The lowest BCUT2D eigenvalue weighted by Crippen LogP contribution is -2.21. The van der Waals surface area contributed by atoms with Gasteiger partial charge in [0.15, 0.2) is 12.2 Å². The highest BCUT2D eigenvalue weighted by Gasteiger charge is 2.15. The van der Waals surface area contributed by atoms with Crippen molar-refractivity contribution in [2.24, 2.45) is 0 Å². The van der Waals surface area contributed by atoms with Crippen LogP contribution in [-0.4, -0.2) is 28.0 Å². The minimum atomic E-state index is -0.692. The number of rotatable bonds is 8. The average molecular weight is 424 g/mol. The van der Waals surface area contributed by atoms with Gasteiger partial charge in [0.2, 0.25) is 0 Å². The van der Waals surface area contributed by atoms with Crippen molar-refractivity contribution < 1.29 is 23.7 Å². The summed E-state index contributed by atoms with van der Waals surface area (Å²) >= 11 is 0. The number of nitro benzene ring substituents is 1. The Kier molecular flexibility index (Phi) is 6.42. The van der Waals surface area contributed by atoms with E-state index in [0.29, 0.717) is 16.8 Å². The van der Waals surface area contributed by atoms with Crippen molar-refractivity contribution >= 4 is 34.4 Å². The van der Waals surface area contributed by atoms with Crippen LogP contribution >= 0.6 is 0 Å². The summed E-state index contributed by atoms with van der Waals surface area (Å²) in [4.78, 5) is 45.9. The smallest absolute Gasteiger partial charge is 0.419 e. The number of hydrogen-bond acceptors (Lipinski definition) is 8. The second-order valence-corrected chi connectivity index (χ2v) is 6.43. The number of ether oxygens (including phenoxy) is 1. The monoisotopic (exact) mass is 424 g/mol. The first-order chi connectivity index (χ1) is 14.9. The summed E-state index contributed by atoms with van der Waals surface area (Å²) in [6.45, 7) is -0.361. The van der Waals surface area contributed by atoms with Gasteiger partial charge in [0.1, 0.15) is 0 Å². The first kappa shape index (κ1) is 21.3. The summed E-state index contributed by atoms with van der Waals surface area (Å²) < 4.78 is 11.2. The maximum atomic E-state index is 12.0. The first-order valence-electron chi connectivity index (χ1n) is 9.11. The summed E-state index contributed by atoms with van der Waals surface area (Å²) in [5.74, 6) is -1.87. The molecule has 11 nitrogen and oxygen atoms in total. The van der Waals surface area contributed by atoms with E-state index in [4.69, 9.17) is 14.4 Å². The van der Waals surface area contributed by atoms with Gasteiger partial charge in [-0.25, -0.2) is 4.79 Å². The molecule has 0 bridgehead atoms. The Morgan fingerprint density at radius 3 is 2.81 bits per heavy atom. The number of nitriles is 1. The largest absolute Gasteiger partial charge is 0.456 e. The summed E-state index contributed by atoms with van der Waals surface area (Å²) in [7, 11) is 0. The van der Waals surface area contributed by atoms with Crippen molar-refractivity contribution in [3.63, 3.8) is 0 Å². The van der Waals surface area contributed by atoms with Crippen molar-refractivity contribution in [1.29, 1.82) is 5.26 Å². The number of fused-ring (bicyclic) bond motifs is 1. The fourth-order valence-corrected chi connectivity index (χ4v) is 2.84. The molecule has 158 valence electrons. The predicted octanol–water partition coefficient (Wildman–Crippen LogP) is 2.34. The molecule has 0 radical (unpaired) electrons. The van der Waals surface area contributed by atoms with Gasteiger partial charge in [0.05, 0.1) is 28.1 Å². The van der Waals surface area contributed by atoms with Crippen LogP contribution in [0, 0.1) is 21.4 Å². The number of benzene rings is 2. The van der Waals surface area contributed by atoms with Crippen molar-refractivity contribution in [2.75, 3.05) is 11.9 Å². The van der Waals surface area contributed by atoms with Crippen LogP contribution in [0.5, 0.6) is 0 Å². The maximum Gasteiger partial charge on any atom is 0.419 e. The molecule has 3 rings (SSSR count). The van der Waals surface area contributed by atoms with Crippen LogP contribution in [0.1, 0.15) is 18.4 Å². The summed E-state index contributed by atoms with van der Waals surface area (Å²) in [5.41, 5.74) is 1.05. The fraction of sp³-hybridized carbons (Fsp3) is 0.200. The summed E-state index contributed by atoms with van der Waals surface area (Å²) in [6.07, 6.45) is 0.180. The molecule has 0 fully saturated rings. The number of anilines is 1. The number of nitrogens with zero attached hydrogens (tertiary/aromatic N) is 3. The zero-order valence-electron chi connectivity index (χ0n) is 16.1. The number of esters is 1. The Morgan fingerprint density at radius 2 is 2.06 bits per heavy atom. The Hall–Kier alpha value is -4.46. The zero-order valence-corrected chi connectivity index (χ0v) is 16.1. The number of oxazole rings is 1. The number of aromatic nitrogens is 1. The Labute approximate surface area is 174 Å². The van der Waals surface area contributed by atoms with Gasteiger partial charge in [-0.3, -0.25) is 24.3 Å². The number of non-ortho nitro benzene ring substituents is 1. The first-order valence-corrected chi connectivity index (χ1v) is 9.11. The van der Waals surface area contributed by atoms with Crippen molar-refractivity contribution in [2.45, 2.75) is 19.4 Å². The number of aryl methyl sites for hydroxylation is 1. The fourth-order valence-electron chi connectivity index (χ4n) is 2.84. The molecule has 0 saturated heterocycles. The summed E-state index contributed by atoms with van der Waals surface area (Å²) in [6, 6.07) is 12.1. The Balaban J connectivity index is 1.48. The SMILES string of the molecule is N#Cc1cccc(NC(=O)COC(=O)CCCn2c(=O)oc3cc([N+](=O)[O-])ccc32)c1. The lowest BCUT2D eigenvalue weighted by molar-refractivity contribution is -0.384. The van der Waals surface area contributed by atoms with Crippen LogP contribution in [0.2, 0.25) is 0 Å². The lowest BCUT2D eigenvalue weighted by atomic mass is 10.2. The highest BCUT2D eigenvalue weighted by Crippen LogP contribution is 2.20. The molecule has 1 amide bonds. The van der Waals surface area contributed by atoms with Gasteiger partial charge in [-0.2, -0.15) is 5.26 Å². The van der Waals surface area contributed by atoms with Crippen molar-refractivity contribution in [3.05, 3.63) is 68.7 Å². The van der Waals surface area contributed by atoms with E-state index in [1.165, 1.54) is 22.8 Å². The number of nitrogens with one attached hydrogen (secondary N) is 1. The normalized spacial score (nSPS) is 10.4. The third-order valence-corrected chi connectivity index (χ3v) is 4.26. The molecule has 2 aromatic carbocycles. The van der Waals surface area contributed by atoms with E-state index in [0.717, 1.165) is 6.07 Å². The highest BCUT2D eigenvalue weighted by atomic mass is 16.6. The molecule has 0 aliphatic heterocycles. The molecule has 1 N–H and O–H groups in total. The molecule has 0 aliphatic carbocycles. The number of carbonyl (C=O) groups is 2. The molecule has 0 unspecified atom stereocenters. The second-order valence-electron chi connectivity index (χ2n) is 6.43. The van der Waals surface area contributed by atoms with Crippen LogP contribution in [0.25, 0.3) is 11.1 Å². The van der Waals surface area contributed by atoms with Gasteiger partial charge in [-0.15, -0.1) is 0 Å². The van der Waals surface area contributed by atoms with E-state index in [9.17, 15) is 24.5 Å². The molecular formula is C20H16N4O7. The third-order valence-electron chi connectivity index (χ3n) is 4.26. The average Bonchev–Trinajstić information content (AvgIpc) is 3.06. The molecule has 11 heteroatoms. The summed E-state index contributed by atoms with van der Waals surface area (Å²) in [5, 5.41) is 22.2. The van der Waals surface area contributed by atoms with Crippen LogP contribution in [0.15, 0.2) is 51.7 Å². The highest BCUT2D eigenvalue weighted by molar-refractivity contribution is 5.92. The minimum absolute atomic E-state index is 0.0523. The van der Waals surface area contributed by atoms with E-state index in [2.05, 4.69) is 5.32 Å². The standard InChI is InChI=1S/C20H16N4O7/c21-11-13-3-1-4-14(9-13)22-18(25)12-30-19(26)5-2-8-23-16-7-6-15(24(28)29)10-17(16)31-20(23)27/h1,3-4,6-7,9-10H,2,5,8,12H2,(H,22,25). The Bertz CT molecular complexity index is 1250. The number of hydrogen-bond donors (Lipinski definition) is 1. The van der Waals surface area contributed by atoms with Crippen LogP contribution in [0.4, 0.5) is 11.4 Å². The van der Waals surface area contributed by atoms with Crippen LogP contribution < -0.4 is 11.1 Å². The van der Waals surface area contributed by atoms with Gasteiger partial charge in [0.25, 0.3) is 11.6 Å². The van der Waals surface area contributed by atoms with E-state index in [-0.39, 0.29) is 30.7 Å². The van der Waals surface area contributed by atoms with E-state index < -0.39 is 29.2 Å². The maximum absolute atomic E-state index is 12.0. The van der Waals surface area contributed by atoms with E-state index in [1.807, 2.05) is 6.07 Å². The molecule has 1 heterocycles. The van der Waals surface area contributed by atoms with Gasteiger partial charge in [-0.1, -0.05) is 6.07 Å². The van der Waals surface area contributed by atoms with Crippen molar-refractivity contribution in [3.8, 4) is 6.07 Å². The van der Waals surface area contributed by atoms with Gasteiger partial charge < -0.3 is 14.5 Å². The van der Waals surface area contributed by atoms with Crippen LogP contribution in [-0.2, 0) is 20.9 Å². The molecule has 1 aromatic heterocycles. The van der Waals surface area contributed by atoms with Gasteiger partial charge in [-0.05, 0) is 30.7 Å². The zero-order chi connectivity index (χ0) is 22.4. The topological polar surface area (TPSA) is 157 Å². The van der Waals surface area contributed by atoms with E-state index >= 15 is 0 Å². The number of nitro groups is 1. The molecule has 0 spiro atoms. The third kappa shape index (κ3) is 5.33. The number of carbonyl (C=O) groups excluding carboxylic acids is 2. The second kappa shape index (κ2) is 9.36. The predicted molar refractivity (Wildman–Crippen MR) is 107 cm³/mol. The van der Waals surface area contributed by atoms with Crippen molar-refractivity contribution in [1.82, 2.24) is 4.57 Å². The molecule has 0 aliphatic rings. The lowest BCUT2D eigenvalue weighted by Gasteiger charge is -2.07. The van der Waals surface area contributed by atoms with Gasteiger partial charge >= 0.3 is 11.7 Å². The molecule has 0 atom stereocenters. The van der Waals surface area contributed by atoms with Gasteiger partial charge in [0, 0.05) is 24.7 Å². The molecular weight excluding hydrogens is 408 g/mol. The molecule has 3 aromatic rings. The van der Waals surface area contributed by atoms with Crippen LogP contribution in [0.3, 0.4) is 0 Å². The number of amides is 1.